The number of nitrogens with one attached hydrogen (secondary N) is 2. The van der Waals surface area contributed by atoms with Gasteiger partial charge in [0.1, 0.15) is 29.3 Å². The Balaban J connectivity index is 0.000000286. The molecule has 1 aliphatic heterocycles. The zero-order valence-electron chi connectivity index (χ0n) is 20.5. The van der Waals surface area contributed by atoms with Gasteiger partial charge < -0.3 is 36.6 Å². The first-order valence-corrected chi connectivity index (χ1v) is 12.9. The summed E-state index contributed by atoms with van der Waals surface area (Å²) in [5, 5.41) is 12.1. The van der Waals surface area contributed by atoms with Crippen LogP contribution in [0.5, 0.6) is 5.75 Å². The van der Waals surface area contributed by atoms with Gasteiger partial charge in [0, 0.05) is 41.5 Å². The molecule has 1 saturated heterocycles. The van der Waals surface area contributed by atoms with E-state index in [1.54, 1.807) is 34.7 Å². The quantitative estimate of drug-likeness (QED) is 0.214. The van der Waals surface area contributed by atoms with Crippen LogP contribution in [0.25, 0.3) is 10.2 Å². The van der Waals surface area contributed by atoms with E-state index < -0.39 is 0 Å². The minimum atomic E-state index is 0.260. The monoisotopic (exact) mass is 511 g/mol. The maximum absolute atomic E-state index is 10.2. The number of fused-ring (bicyclic) bond motifs is 3. The molecule has 2 aromatic heterocycles. The predicted octanol–water partition coefficient (Wildman–Crippen LogP) is 3.09. The molecule has 3 aromatic rings. The number of amides is 1. The molecular formula is C25H33N7O3S. The first-order chi connectivity index (χ1) is 17.5. The third-order valence-electron chi connectivity index (χ3n) is 6.27. The largest absolute Gasteiger partial charge is 0.490 e. The Bertz CT molecular complexity index is 1220. The second-order valence-electron chi connectivity index (χ2n) is 8.76. The molecular weight excluding hydrogens is 478 g/mol. The van der Waals surface area contributed by atoms with Crippen molar-refractivity contribution in [2.75, 3.05) is 44.0 Å². The van der Waals surface area contributed by atoms with E-state index in [1.165, 1.54) is 29.5 Å². The number of hydrogen-bond donors (Lipinski definition) is 4. The number of thiophene rings is 1. The van der Waals surface area contributed by atoms with Gasteiger partial charge in [-0.25, -0.2) is 9.97 Å². The lowest BCUT2D eigenvalue weighted by molar-refractivity contribution is -0.125. The number of aryl methyl sites for hydroxylation is 2. The Labute approximate surface area is 214 Å². The summed E-state index contributed by atoms with van der Waals surface area (Å²) in [5.41, 5.74) is 14.8. The van der Waals surface area contributed by atoms with E-state index in [0.717, 1.165) is 41.8 Å². The van der Waals surface area contributed by atoms with Gasteiger partial charge in [0.15, 0.2) is 0 Å². The van der Waals surface area contributed by atoms with Crippen LogP contribution in [0.4, 0.5) is 17.2 Å². The number of morpholine rings is 1. The molecule has 5 rings (SSSR count). The SMILES string of the molecule is CC1COCCN1C=O.N=Cc1cc(Nc2ncnc3sc4c(c23)CCCC4)c(OCCN)cc1N. The first kappa shape index (κ1) is 25.8. The molecule has 36 heavy (non-hydrogen) atoms. The van der Waals surface area contributed by atoms with Crippen molar-refractivity contribution >= 4 is 51.4 Å². The van der Waals surface area contributed by atoms with Gasteiger partial charge >= 0.3 is 0 Å². The number of ether oxygens (including phenoxy) is 2. The van der Waals surface area contributed by atoms with Crippen molar-refractivity contribution in [1.82, 2.24) is 14.9 Å². The number of nitrogens with two attached hydrogens (primary N) is 2. The highest BCUT2D eigenvalue weighted by Gasteiger charge is 2.21. The Morgan fingerprint density at radius 3 is 2.89 bits per heavy atom. The molecule has 0 spiro atoms. The molecule has 10 nitrogen and oxygen atoms in total. The van der Waals surface area contributed by atoms with E-state index in [9.17, 15) is 4.79 Å². The zero-order chi connectivity index (χ0) is 25.5. The van der Waals surface area contributed by atoms with Crippen LogP contribution in [-0.4, -0.2) is 66.4 Å². The van der Waals surface area contributed by atoms with Crippen LogP contribution in [-0.2, 0) is 22.4 Å². The van der Waals surface area contributed by atoms with Crippen molar-refractivity contribution in [2.45, 2.75) is 38.6 Å². The summed E-state index contributed by atoms with van der Waals surface area (Å²) in [6, 6.07) is 3.79. The average molecular weight is 512 g/mol. The summed E-state index contributed by atoms with van der Waals surface area (Å²) in [6.45, 7) is 4.87. The Morgan fingerprint density at radius 1 is 1.33 bits per heavy atom. The smallest absolute Gasteiger partial charge is 0.210 e. The molecule has 0 saturated carbocycles. The average Bonchev–Trinajstić information content (AvgIpc) is 3.29. The van der Waals surface area contributed by atoms with Gasteiger partial charge in [0.05, 0.1) is 30.3 Å². The summed E-state index contributed by atoms with van der Waals surface area (Å²) in [4.78, 5) is 23.4. The van der Waals surface area contributed by atoms with Crippen molar-refractivity contribution in [3.63, 3.8) is 0 Å². The van der Waals surface area contributed by atoms with Crippen LogP contribution in [0.3, 0.4) is 0 Å². The number of carbonyl (C=O) groups excluding carboxylic acids is 1. The molecule has 11 heteroatoms. The van der Waals surface area contributed by atoms with Crippen LogP contribution >= 0.6 is 11.3 Å². The minimum Gasteiger partial charge on any atom is -0.490 e. The van der Waals surface area contributed by atoms with Crippen molar-refractivity contribution < 1.29 is 14.3 Å². The van der Waals surface area contributed by atoms with Gasteiger partial charge in [-0.3, -0.25) is 4.79 Å². The molecule has 1 aliphatic carbocycles. The maximum atomic E-state index is 10.2. The number of hydrogen-bond acceptors (Lipinski definition) is 10. The van der Waals surface area contributed by atoms with Gasteiger partial charge in [-0.05, 0) is 44.2 Å². The molecule has 0 bridgehead atoms. The zero-order valence-corrected chi connectivity index (χ0v) is 21.3. The number of aromatic nitrogens is 2. The molecule has 1 unspecified atom stereocenters. The number of benzene rings is 1. The Morgan fingerprint density at radius 2 is 2.17 bits per heavy atom. The van der Waals surface area contributed by atoms with Crippen molar-refractivity contribution in [2.24, 2.45) is 5.73 Å². The highest BCUT2D eigenvalue weighted by Crippen LogP contribution is 2.40. The van der Waals surface area contributed by atoms with Gasteiger partial charge in [-0.1, -0.05) is 0 Å². The molecule has 1 amide bonds. The van der Waals surface area contributed by atoms with E-state index in [0.29, 0.717) is 49.1 Å². The van der Waals surface area contributed by atoms with Gasteiger partial charge in [0.2, 0.25) is 6.41 Å². The van der Waals surface area contributed by atoms with Crippen molar-refractivity contribution in [3.05, 3.63) is 34.5 Å². The first-order valence-electron chi connectivity index (χ1n) is 12.1. The van der Waals surface area contributed by atoms with E-state index >= 15 is 0 Å². The molecule has 3 heterocycles. The van der Waals surface area contributed by atoms with Crippen LogP contribution in [0.15, 0.2) is 18.5 Å². The van der Waals surface area contributed by atoms with Crippen LogP contribution in [0, 0.1) is 5.41 Å². The Kier molecular flexibility index (Phi) is 8.68. The summed E-state index contributed by atoms with van der Waals surface area (Å²) in [5.74, 6) is 1.36. The maximum Gasteiger partial charge on any atom is 0.210 e. The summed E-state index contributed by atoms with van der Waals surface area (Å²) in [7, 11) is 0. The molecule has 192 valence electrons. The molecule has 6 N–H and O–H groups in total. The topological polar surface area (TPSA) is 152 Å². The molecule has 2 aliphatic rings. The Hall–Kier alpha value is -3.28. The standard InChI is InChI=1S/C19H22N6OS.C6H11NO2/c20-5-6-26-15-8-13(22)11(9-21)7-14(15)25-18-17-12-3-1-2-4-16(12)27-19(17)24-10-23-18;1-6-4-9-3-2-7(6)5-8/h7-10,21H,1-6,20,22H2,(H,23,24,25);5-6H,2-4H2,1H3. The summed E-state index contributed by atoms with van der Waals surface area (Å²) >= 11 is 1.76. The molecule has 1 fully saturated rings. The van der Waals surface area contributed by atoms with E-state index in [-0.39, 0.29) is 6.04 Å². The predicted molar refractivity (Wildman–Crippen MR) is 144 cm³/mol. The second-order valence-corrected chi connectivity index (χ2v) is 9.85. The number of nitrogen functional groups attached to an aromatic ring is 1. The minimum absolute atomic E-state index is 0.260. The van der Waals surface area contributed by atoms with Gasteiger partial charge in [0.25, 0.3) is 0 Å². The van der Waals surface area contributed by atoms with Crippen LogP contribution < -0.4 is 21.5 Å². The molecule has 1 aromatic carbocycles. The molecule has 0 radical (unpaired) electrons. The van der Waals surface area contributed by atoms with E-state index in [4.69, 9.17) is 26.4 Å². The number of carbonyl (C=O) groups is 1. The highest BCUT2D eigenvalue weighted by molar-refractivity contribution is 7.19. The third-order valence-corrected chi connectivity index (χ3v) is 7.47. The third kappa shape index (κ3) is 5.75. The lowest BCUT2D eigenvalue weighted by Gasteiger charge is -2.29. The van der Waals surface area contributed by atoms with Crippen molar-refractivity contribution in [3.8, 4) is 5.75 Å². The van der Waals surface area contributed by atoms with Crippen LogP contribution in [0.1, 0.15) is 35.8 Å². The summed E-state index contributed by atoms with van der Waals surface area (Å²) < 4.78 is 10.9. The fourth-order valence-corrected chi connectivity index (χ4v) is 5.56. The molecule has 1 atom stereocenters. The van der Waals surface area contributed by atoms with E-state index in [2.05, 4.69) is 15.3 Å². The fraction of sp³-hybridized carbons (Fsp3) is 0.440. The lowest BCUT2D eigenvalue weighted by Crippen LogP contribution is -2.42. The number of anilines is 3. The van der Waals surface area contributed by atoms with Crippen LogP contribution in [0.2, 0.25) is 0 Å². The lowest BCUT2D eigenvalue weighted by atomic mass is 9.97. The van der Waals surface area contributed by atoms with Crippen molar-refractivity contribution in [1.29, 1.82) is 5.41 Å². The summed E-state index contributed by atoms with van der Waals surface area (Å²) in [6.07, 6.45) is 8.29. The highest BCUT2D eigenvalue weighted by atomic mass is 32.1. The van der Waals surface area contributed by atoms with Gasteiger partial charge in [-0.2, -0.15) is 0 Å². The fourth-order valence-electron chi connectivity index (χ4n) is 4.33. The van der Waals surface area contributed by atoms with E-state index in [1.807, 2.05) is 6.92 Å². The normalized spacial score (nSPS) is 17.1. The second kappa shape index (κ2) is 12.1. The number of rotatable bonds is 7. The van der Waals surface area contributed by atoms with Gasteiger partial charge in [-0.15, -0.1) is 11.3 Å². The number of nitrogens with zero attached hydrogens (tertiary/aromatic N) is 3.